The highest BCUT2D eigenvalue weighted by Crippen LogP contribution is 2.42. The van der Waals surface area contributed by atoms with E-state index in [1.54, 1.807) is 0 Å². The fourth-order valence-electron chi connectivity index (χ4n) is 2.76. The van der Waals surface area contributed by atoms with Gasteiger partial charge in [-0.3, -0.25) is 0 Å². The van der Waals surface area contributed by atoms with Gasteiger partial charge in [-0.25, -0.2) is 17.2 Å². The van der Waals surface area contributed by atoms with Crippen molar-refractivity contribution in [2.24, 2.45) is 0 Å². The third-order valence-corrected chi connectivity index (χ3v) is 7.81. The minimum absolute atomic E-state index is 0.255. The molecule has 0 fully saturated rings. The molecule has 1 aliphatic carbocycles. The van der Waals surface area contributed by atoms with Crippen molar-refractivity contribution in [1.82, 2.24) is 0 Å². The zero-order valence-electron chi connectivity index (χ0n) is 14.2. The van der Waals surface area contributed by atoms with Crippen LogP contribution in [-0.2, 0) is 20.7 Å². The summed E-state index contributed by atoms with van der Waals surface area (Å²) in [6.07, 6.45) is 1.24. The molecule has 0 N–H and O–H groups in total. The van der Waals surface area contributed by atoms with Crippen LogP contribution >= 0.6 is 0 Å². The molecule has 1 aromatic carbocycles. The molecule has 0 spiro atoms. The average Bonchev–Trinajstić information content (AvgIpc) is 2.83. The summed E-state index contributed by atoms with van der Waals surface area (Å²) < 4.78 is 84.0. The average molecular weight is 396 g/mol. The number of allylic oxidation sites excluding steroid dienone is 1. The summed E-state index contributed by atoms with van der Waals surface area (Å²) in [5.41, 5.74) is -0.649. The van der Waals surface area contributed by atoms with Crippen molar-refractivity contribution in [2.75, 3.05) is 0 Å². The molecule has 2 rings (SSSR count). The minimum atomic E-state index is -5.01. The van der Waals surface area contributed by atoms with Crippen LogP contribution in [0.15, 0.2) is 22.9 Å². The first-order valence-corrected chi connectivity index (χ1v) is 12.6. The Morgan fingerprint density at radius 1 is 1.24 bits per heavy atom. The summed E-state index contributed by atoms with van der Waals surface area (Å²) in [5.74, 6) is -5.76. The lowest BCUT2D eigenvalue weighted by Gasteiger charge is -2.26. The fraction of sp³-hybridized carbons (Fsp3) is 0.500. The van der Waals surface area contributed by atoms with E-state index in [1.165, 1.54) is 0 Å². The summed E-state index contributed by atoms with van der Waals surface area (Å²) >= 11 is 0. The van der Waals surface area contributed by atoms with Gasteiger partial charge >= 0.3 is 5.76 Å². The Morgan fingerprint density at radius 2 is 1.88 bits per heavy atom. The van der Waals surface area contributed by atoms with Gasteiger partial charge in [-0.05, 0) is 31.3 Å². The van der Waals surface area contributed by atoms with Crippen molar-refractivity contribution < 1.29 is 30.4 Å². The summed E-state index contributed by atoms with van der Waals surface area (Å²) in [6.45, 7) is 5.63. The Hall–Kier alpha value is -1.35. The predicted octanol–water partition coefficient (Wildman–Crippen LogP) is 5.04. The number of unbranched alkanes of at least 4 members (excludes halogenated alkanes) is 1. The Bertz CT molecular complexity index is 804. The zero-order chi connectivity index (χ0) is 19.0. The van der Waals surface area contributed by atoms with Gasteiger partial charge in [-0.1, -0.05) is 19.8 Å². The number of sulfone groups is 1. The van der Waals surface area contributed by atoms with Gasteiger partial charge in [0.1, 0.15) is 17.4 Å². The number of benzene rings is 1. The van der Waals surface area contributed by atoms with Gasteiger partial charge in [0.25, 0.3) is 0 Å². The predicted molar refractivity (Wildman–Crippen MR) is 89.6 cm³/mol. The molecule has 0 atom stereocenters. The lowest BCUT2D eigenvalue weighted by atomic mass is 10.1. The maximum Gasteiger partial charge on any atom is 0.341 e. The molecule has 0 amide bonds. The van der Waals surface area contributed by atoms with E-state index in [-0.39, 0.29) is 5.56 Å². The van der Waals surface area contributed by atoms with Gasteiger partial charge in [0.2, 0.25) is 18.2 Å². The van der Waals surface area contributed by atoms with Gasteiger partial charge in [0.15, 0.2) is 0 Å². The molecular weight excluding hydrogens is 376 g/mol. The van der Waals surface area contributed by atoms with E-state index in [2.05, 4.69) is 0 Å². The summed E-state index contributed by atoms with van der Waals surface area (Å²) in [7, 11) is -7.44. The highest BCUT2D eigenvalue weighted by Gasteiger charge is 2.39. The summed E-state index contributed by atoms with van der Waals surface area (Å²) in [4.78, 5) is -0.790. The molecule has 0 aliphatic heterocycles. The lowest BCUT2D eigenvalue weighted by Crippen LogP contribution is -2.29. The molecule has 0 aromatic heterocycles. The fourth-order valence-corrected chi connectivity index (χ4v) is 5.79. The molecule has 3 nitrogen and oxygen atoms in total. The Kier molecular flexibility index (Phi) is 5.67. The Morgan fingerprint density at radius 3 is 2.44 bits per heavy atom. The van der Waals surface area contributed by atoms with E-state index in [9.17, 15) is 26.0 Å². The number of hydrogen-bond donors (Lipinski definition) is 0. The normalized spacial score (nSPS) is 15.0. The number of fused-ring (bicyclic) bond motifs is 1. The van der Waals surface area contributed by atoms with E-state index in [4.69, 9.17) is 4.43 Å². The van der Waals surface area contributed by atoms with Crippen molar-refractivity contribution in [3.63, 3.8) is 0 Å². The number of alkyl halides is 2. The first kappa shape index (κ1) is 20.0. The monoisotopic (exact) mass is 396 g/mol. The zero-order valence-corrected chi connectivity index (χ0v) is 16.0. The summed E-state index contributed by atoms with van der Waals surface area (Å²) in [6, 6.07) is 2.20. The molecule has 0 saturated carbocycles. The minimum Gasteiger partial charge on any atom is -0.542 e. The van der Waals surface area contributed by atoms with E-state index >= 15 is 0 Å². The summed E-state index contributed by atoms with van der Waals surface area (Å²) in [5, 5.41) is 0. The SMILES string of the molecule is CCCC[Si](C)(C)OC1=C(F)Cc2c(F)ccc(S(=O)(=O)C(F)F)c21. The molecule has 25 heavy (non-hydrogen) atoms. The topological polar surface area (TPSA) is 43.4 Å². The van der Waals surface area contributed by atoms with Crippen LogP contribution in [0.5, 0.6) is 0 Å². The highest BCUT2D eigenvalue weighted by molar-refractivity contribution is 7.91. The largest absolute Gasteiger partial charge is 0.542 e. The van der Waals surface area contributed by atoms with E-state index in [0.29, 0.717) is 6.04 Å². The van der Waals surface area contributed by atoms with Crippen LogP contribution in [0.25, 0.3) is 5.76 Å². The maximum absolute atomic E-state index is 14.4. The Balaban J connectivity index is 2.56. The second-order valence-corrected chi connectivity index (χ2v) is 12.7. The van der Waals surface area contributed by atoms with Crippen LogP contribution in [0.4, 0.5) is 17.6 Å². The van der Waals surface area contributed by atoms with Crippen LogP contribution < -0.4 is 0 Å². The van der Waals surface area contributed by atoms with E-state index < -0.39 is 58.2 Å². The van der Waals surface area contributed by atoms with Gasteiger partial charge in [-0.15, -0.1) is 0 Å². The molecule has 140 valence electrons. The third-order valence-electron chi connectivity index (χ3n) is 4.07. The number of hydrogen-bond acceptors (Lipinski definition) is 3. The van der Waals surface area contributed by atoms with Gasteiger partial charge < -0.3 is 4.43 Å². The second kappa shape index (κ2) is 7.11. The van der Waals surface area contributed by atoms with Crippen LogP contribution in [-0.4, -0.2) is 22.5 Å². The van der Waals surface area contributed by atoms with Crippen molar-refractivity contribution in [3.05, 3.63) is 34.9 Å². The first-order valence-electron chi connectivity index (χ1n) is 7.92. The molecule has 0 radical (unpaired) electrons. The van der Waals surface area contributed by atoms with Crippen LogP contribution in [0.1, 0.15) is 30.9 Å². The maximum atomic E-state index is 14.4. The van der Waals surface area contributed by atoms with Crippen LogP contribution in [0.3, 0.4) is 0 Å². The molecule has 9 heteroatoms. The number of halogens is 4. The molecule has 1 aromatic rings. The van der Waals surface area contributed by atoms with Crippen molar-refractivity contribution in [2.45, 2.75) is 56.0 Å². The third kappa shape index (κ3) is 3.92. The molecule has 1 aliphatic rings. The second-order valence-electron chi connectivity index (χ2n) is 6.58. The first-order chi connectivity index (χ1) is 11.5. The lowest BCUT2D eigenvalue weighted by molar-refractivity contribution is 0.234. The molecule has 0 bridgehead atoms. The van der Waals surface area contributed by atoms with Gasteiger partial charge in [0.05, 0.1) is 4.90 Å². The van der Waals surface area contributed by atoms with E-state index in [1.807, 2.05) is 20.0 Å². The highest BCUT2D eigenvalue weighted by atomic mass is 32.2. The molecular formula is C16H20F4O3SSi. The quantitative estimate of drug-likeness (QED) is 0.368. The van der Waals surface area contributed by atoms with Crippen molar-refractivity contribution in [3.8, 4) is 0 Å². The van der Waals surface area contributed by atoms with Crippen molar-refractivity contribution in [1.29, 1.82) is 0 Å². The van der Waals surface area contributed by atoms with E-state index in [0.717, 1.165) is 25.0 Å². The van der Waals surface area contributed by atoms with Crippen LogP contribution in [0.2, 0.25) is 19.1 Å². The Labute approximate surface area is 145 Å². The standard InChI is InChI=1S/C16H20F4O3SSi/c1-4-5-8-25(2,3)23-15-12(18)9-10-11(17)6-7-13(14(10)15)24(21,22)16(19)20/h6-7,16H,4-5,8-9H2,1-3H3. The molecule has 0 heterocycles. The smallest absolute Gasteiger partial charge is 0.341 e. The van der Waals surface area contributed by atoms with Crippen LogP contribution in [0, 0.1) is 5.82 Å². The van der Waals surface area contributed by atoms with Gasteiger partial charge in [0, 0.05) is 17.5 Å². The number of rotatable bonds is 7. The van der Waals surface area contributed by atoms with Gasteiger partial charge in [-0.2, -0.15) is 8.78 Å². The molecule has 0 saturated heterocycles. The van der Waals surface area contributed by atoms with Crippen molar-refractivity contribution >= 4 is 23.9 Å². The molecule has 0 unspecified atom stereocenters.